The Morgan fingerprint density at radius 2 is 1.56 bits per heavy atom. The van der Waals surface area contributed by atoms with E-state index in [1.54, 1.807) is 0 Å². The molecule has 0 aromatic carbocycles. The lowest BCUT2D eigenvalue weighted by molar-refractivity contribution is 0.253. The van der Waals surface area contributed by atoms with E-state index in [0.29, 0.717) is 10.0 Å². The Balaban J connectivity index is 3.35. The quantitative estimate of drug-likeness (QED) is 0.239. The Hall–Kier alpha value is -2.37. The van der Waals surface area contributed by atoms with E-state index in [2.05, 4.69) is 9.97 Å². The minimum Gasteiger partial charge on any atom is -0.382 e. The summed E-state index contributed by atoms with van der Waals surface area (Å²) in [5.41, 5.74) is 15.3. The first kappa shape index (κ1) is 13.7. The molecule has 98 valence electrons. The average Bonchev–Trinajstić information content (AvgIpc) is 2.30. The van der Waals surface area contributed by atoms with Crippen LogP contribution in [0.15, 0.2) is 0 Å². The third-order valence-electron chi connectivity index (χ3n) is 1.77. The molecule has 4 amide bonds. The third kappa shape index (κ3) is 2.48. The maximum absolute atomic E-state index is 10.9. The molecular weight excluding hydrogens is 266 g/mol. The van der Waals surface area contributed by atoms with Crippen molar-refractivity contribution in [1.82, 2.24) is 9.97 Å². The van der Waals surface area contributed by atoms with Gasteiger partial charge in [0, 0.05) is 0 Å². The Morgan fingerprint density at radius 3 is 2.00 bits per heavy atom. The van der Waals surface area contributed by atoms with Crippen LogP contribution in [0.4, 0.5) is 27.2 Å². The molecule has 0 bridgehead atoms. The van der Waals surface area contributed by atoms with Gasteiger partial charge in [-0.15, -0.1) is 0 Å². The number of aromatic nitrogens is 2. The van der Waals surface area contributed by atoms with Crippen molar-refractivity contribution in [2.45, 2.75) is 0 Å². The number of hydrazine groups is 2. The highest BCUT2D eigenvalue weighted by molar-refractivity contribution is 6.35. The van der Waals surface area contributed by atoms with Crippen LogP contribution in [-0.2, 0) is 0 Å². The Morgan fingerprint density at radius 1 is 1.06 bits per heavy atom. The number of urea groups is 2. The van der Waals surface area contributed by atoms with E-state index in [0.717, 1.165) is 0 Å². The van der Waals surface area contributed by atoms with Crippen molar-refractivity contribution in [2.75, 3.05) is 15.8 Å². The molecule has 0 aliphatic heterocycles. The van der Waals surface area contributed by atoms with Gasteiger partial charge in [-0.2, -0.15) is 15.0 Å². The lowest BCUT2D eigenvalue weighted by atomic mass is 10.5. The van der Waals surface area contributed by atoms with Gasteiger partial charge in [-0.05, 0) is 0 Å². The molecule has 0 aliphatic carbocycles. The number of carbonyl (C=O) groups excluding carboxylic acids is 2. The van der Waals surface area contributed by atoms with Gasteiger partial charge in [0.1, 0.15) is 10.8 Å². The highest BCUT2D eigenvalue weighted by Gasteiger charge is 2.21. The highest BCUT2D eigenvalue weighted by Crippen LogP contribution is 2.28. The number of hydrogen-bond donors (Lipinski definition) is 5. The number of anilines is 3. The SMILES string of the molecule is NC(=O)N(N)c1nc(N)c(Cl)c(N(N)C(N)=O)n1. The van der Waals surface area contributed by atoms with Gasteiger partial charge in [-0.25, -0.2) is 26.3 Å². The first-order valence-electron chi connectivity index (χ1n) is 4.27. The highest BCUT2D eigenvalue weighted by atomic mass is 35.5. The number of hydrogen-bond acceptors (Lipinski definition) is 7. The van der Waals surface area contributed by atoms with Crippen molar-refractivity contribution >= 4 is 41.2 Å². The molecule has 0 saturated carbocycles. The summed E-state index contributed by atoms with van der Waals surface area (Å²) in [4.78, 5) is 29.0. The monoisotopic (exact) mass is 275 g/mol. The first-order chi connectivity index (χ1) is 8.25. The Labute approximate surface area is 105 Å². The van der Waals surface area contributed by atoms with Crippen LogP contribution < -0.4 is 38.9 Å². The summed E-state index contributed by atoms with van der Waals surface area (Å²) in [5.74, 6) is 9.60. The van der Waals surface area contributed by atoms with E-state index in [4.69, 9.17) is 40.5 Å². The minimum absolute atomic E-state index is 0.224. The van der Waals surface area contributed by atoms with Gasteiger partial charge in [0.25, 0.3) is 5.95 Å². The van der Waals surface area contributed by atoms with E-state index < -0.39 is 18.0 Å². The largest absolute Gasteiger partial charge is 0.382 e. The summed E-state index contributed by atoms with van der Waals surface area (Å²) in [7, 11) is 0. The van der Waals surface area contributed by atoms with Crippen molar-refractivity contribution < 1.29 is 9.59 Å². The lowest BCUT2D eigenvalue weighted by Crippen LogP contribution is -2.45. The van der Waals surface area contributed by atoms with Crippen LogP contribution in [0.3, 0.4) is 0 Å². The molecule has 0 saturated heterocycles. The van der Waals surface area contributed by atoms with Crippen LogP contribution in [0.5, 0.6) is 0 Å². The van der Waals surface area contributed by atoms with E-state index in [1.807, 2.05) is 0 Å². The number of nitrogens with zero attached hydrogens (tertiary/aromatic N) is 4. The molecule has 0 spiro atoms. The molecule has 1 heterocycles. The summed E-state index contributed by atoms with van der Waals surface area (Å²) in [6.45, 7) is 0. The van der Waals surface area contributed by atoms with Gasteiger partial charge < -0.3 is 17.2 Å². The molecule has 11 nitrogen and oxygen atoms in total. The second-order valence-electron chi connectivity index (χ2n) is 2.96. The average molecular weight is 276 g/mol. The van der Waals surface area contributed by atoms with Crippen molar-refractivity contribution in [2.24, 2.45) is 23.2 Å². The number of amides is 4. The number of rotatable bonds is 2. The van der Waals surface area contributed by atoms with Gasteiger partial charge in [-0.1, -0.05) is 11.6 Å². The molecule has 0 atom stereocenters. The maximum Gasteiger partial charge on any atom is 0.336 e. The van der Waals surface area contributed by atoms with Crippen LogP contribution in [-0.4, -0.2) is 22.0 Å². The van der Waals surface area contributed by atoms with Crippen LogP contribution >= 0.6 is 11.6 Å². The molecule has 10 N–H and O–H groups in total. The van der Waals surface area contributed by atoms with E-state index >= 15 is 0 Å². The Kier molecular flexibility index (Phi) is 3.70. The smallest absolute Gasteiger partial charge is 0.336 e. The number of nitrogen functional groups attached to an aromatic ring is 1. The second-order valence-corrected chi connectivity index (χ2v) is 3.34. The molecular formula is C6H10ClN9O2. The Bertz CT molecular complexity index is 506. The van der Waals surface area contributed by atoms with Crippen molar-refractivity contribution in [3.63, 3.8) is 0 Å². The fraction of sp³-hybridized carbons (Fsp3) is 0. The predicted molar refractivity (Wildman–Crippen MR) is 64.0 cm³/mol. The van der Waals surface area contributed by atoms with Crippen molar-refractivity contribution in [3.8, 4) is 0 Å². The van der Waals surface area contributed by atoms with Gasteiger partial charge in [-0.3, -0.25) is 0 Å². The summed E-state index contributed by atoms with van der Waals surface area (Å²) in [5, 5.41) is 0.585. The molecule has 0 aliphatic rings. The molecule has 0 fully saturated rings. The third-order valence-corrected chi connectivity index (χ3v) is 2.13. The summed E-state index contributed by atoms with van der Waals surface area (Å²) in [6, 6.07) is -2.10. The van der Waals surface area contributed by atoms with Gasteiger partial charge in [0.05, 0.1) is 0 Å². The zero-order chi connectivity index (χ0) is 14.0. The standard InChI is InChI=1S/C6H10ClN9O2/c7-1-2(8)13-6(16(12)5(10)18)14-3(1)15(11)4(9)17/h11-12H2,(H2,9,17)(H2,10,18)(H2,8,13,14). The van der Waals surface area contributed by atoms with E-state index in [-0.39, 0.29) is 16.7 Å². The zero-order valence-electron chi connectivity index (χ0n) is 8.87. The molecule has 18 heavy (non-hydrogen) atoms. The fourth-order valence-electron chi connectivity index (χ4n) is 0.910. The lowest BCUT2D eigenvalue weighted by Gasteiger charge is -2.18. The van der Waals surface area contributed by atoms with Crippen molar-refractivity contribution in [3.05, 3.63) is 5.02 Å². The van der Waals surface area contributed by atoms with Gasteiger partial charge in [0.15, 0.2) is 5.82 Å². The van der Waals surface area contributed by atoms with Crippen LogP contribution in [0.25, 0.3) is 0 Å². The number of primary amides is 2. The molecule has 1 rings (SSSR count). The minimum atomic E-state index is -1.05. The fourth-order valence-corrected chi connectivity index (χ4v) is 1.09. The maximum atomic E-state index is 10.9. The molecule has 0 radical (unpaired) electrons. The summed E-state index contributed by atoms with van der Waals surface area (Å²) >= 11 is 5.73. The topological polar surface area (TPSA) is 196 Å². The van der Waals surface area contributed by atoms with Crippen molar-refractivity contribution in [1.29, 1.82) is 0 Å². The summed E-state index contributed by atoms with van der Waals surface area (Å²) in [6.07, 6.45) is 0. The van der Waals surface area contributed by atoms with E-state index in [1.165, 1.54) is 0 Å². The van der Waals surface area contributed by atoms with Gasteiger partial charge >= 0.3 is 12.1 Å². The van der Waals surface area contributed by atoms with Crippen LogP contribution in [0.1, 0.15) is 0 Å². The predicted octanol–water partition coefficient (Wildman–Crippen LogP) is -1.77. The normalized spacial score (nSPS) is 9.94. The first-order valence-corrected chi connectivity index (χ1v) is 4.65. The van der Waals surface area contributed by atoms with Gasteiger partial charge in [0.2, 0.25) is 0 Å². The molecule has 0 unspecified atom stereocenters. The summed E-state index contributed by atoms with van der Waals surface area (Å²) < 4.78 is 0. The number of nitrogens with two attached hydrogens (primary N) is 5. The molecule has 1 aromatic heterocycles. The zero-order valence-corrected chi connectivity index (χ0v) is 9.63. The molecule has 12 heteroatoms. The van der Waals surface area contributed by atoms with Crippen LogP contribution in [0.2, 0.25) is 5.02 Å². The molecule has 1 aromatic rings. The number of halogens is 1. The van der Waals surface area contributed by atoms with Crippen LogP contribution in [0, 0.1) is 0 Å². The van der Waals surface area contributed by atoms with E-state index in [9.17, 15) is 9.59 Å². The number of carbonyl (C=O) groups is 2. The second kappa shape index (κ2) is 4.87.